The number of aromatic nitrogens is 1. The first-order valence-electron chi connectivity index (χ1n) is 4.29. The zero-order chi connectivity index (χ0) is 9.10. The molecule has 0 spiro atoms. The van der Waals surface area contributed by atoms with Crippen LogP contribution in [0.1, 0.15) is 18.1 Å². The molecule has 1 aromatic rings. The number of pyridine rings is 1. The van der Waals surface area contributed by atoms with Crippen LogP contribution in [-0.4, -0.2) is 16.7 Å². The van der Waals surface area contributed by atoms with Crippen molar-refractivity contribution < 1.29 is 9.84 Å². The largest absolute Gasteiger partial charge is 0.495 e. The summed E-state index contributed by atoms with van der Waals surface area (Å²) in [6.45, 7) is 0.673. The highest BCUT2D eigenvalue weighted by Crippen LogP contribution is 2.25. The molecule has 13 heavy (non-hydrogen) atoms. The molecule has 1 unspecified atom stereocenters. The average Bonchev–Trinajstić information content (AvgIpc) is 2.71. The Kier molecular flexibility index (Phi) is 2.27. The van der Waals surface area contributed by atoms with Crippen LogP contribution in [0.2, 0.25) is 0 Å². The van der Waals surface area contributed by atoms with Crippen molar-refractivity contribution in [3.05, 3.63) is 41.9 Å². The van der Waals surface area contributed by atoms with Crippen molar-refractivity contribution in [1.82, 2.24) is 4.98 Å². The van der Waals surface area contributed by atoms with Gasteiger partial charge in [0.1, 0.15) is 11.9 Å². The number of hydrogen-bond acceptors (Lipinski definition) is 3. The van der Waals surface area contributed by atoms with E-state index in [2.05, 4.69) is 4.98 Å². The van der Waals surface area contributed by atoms with Crippen LogP contribution in [-0.2, 0) is 4.74 Å². The van der Waals surface area contributed by atoms with Crippen molar-refractivity contribution in [3.8, 4) is 0 Å². The van der Waals surface area contributed by atoms with Gasteiger partial charge in [0.2, 0.25) is 0 Å². The summed E-state index contributed by atoms with van der Waals surface area (Å²) in [5.74, 6) is 0.646. The summed E-state index contributed by atoms with van der Waals surface area (Å²) in [6, 6.07) is 3.63. The number of hydrogen-bond donors (Lipinski definition) is 1. The Bertz CT molecular complexity index is 308. The van der Waals surface area contributed by atoms with Crippen LogP contribution in [0.4, 0.5) is 0 Å². The van der Waals surface area contributed by atoms with Crippen molar-refractivity contribution >= 4 is 0 Å². The van der Waals surface area contributed by atoms with Crippen LogP contribution < -0.4 is 0 Å². The minimum Gasteiger partial charge on any atom is -0.495 e. The number of ether oxygens (including phenoxy) is 1. The summed E-state index contributed by atoms with van der Waals surface area (Å²) in [5.41, 5.74) is 0.774. The first-order valence-corrected chi connectivity index (χ1v) is 4.29. The van der Waals surface area contributed by atoms with Crippen molar-refractivity contribution in [2.75, 3.05) is 6.61 Å². The van der Waals surface area contributed by atoms with Crippen LogP contribution in [0.15, 0.2) is 36.4 Å². The topological polar surface area (TPSA) is 42.4 Å². The maximum atomic E-state index is 9.79. The van der Waals surface area contributed by atoms with Gasteiger partial charge in [-0.15, -0.1) is 0 Å². The van der Waals surface area contributed by atoms with E-state index in [0.29, 0.717) is 12.4 Å². The fourth-order valence-corrected chi connectivity index (χ4v) is 1.33. The third-order valence-electron chi connectivity index (χ3n) is 2.00. The highest BCUT2D eigenvalue weighted by Gasteiger charge is 2.17. The highest BCUT2D eigenvalue weighted by atomic mass is 16.5. The van der Waals surface area contributed by atoms with Gasteiger partial charge in [-0.2, -0.15) is 0 Å². The molecule has 1 aromatic heterocycles. The van der Waals surface area contributed by atoms with Crippen LogP contribution in [0, 0.1) is 0 Å². The summed E-state index contributed by atoms with van der Waals surface area (Å²) < 4.78 is 5.25. The van der Waals surface area contributed by atoms with Crippen molar-refractivity contribution in [2.24, 2.45) is 0 Å². The Morgan fingerprint density at radius 3 is 3.08 bits per heavy atom. The molecule has 0 saturated carbocycles. The highest BCUT2D eigenvalue weighted by molar-refractivity contribution is 5.21. The monoisotopic (exact) mass is 177 g/mol. The van der Waals surface area contributed by atoms with Gasteiger partial charge in [-0.3, -0.25) is 4.98 Å². The quantitative estimate of drug-likeness (QED) is 0.742. The molecule has 0 amide bonds. The van der Waals surface area contributed by atoms with Gasteiger partial charge in [-0.25, -0.2) is 0 Å². The number of aliphatic hydroxyl groups excluding tert-OH is 1. The Morgan fingerprint density at radius 2 is 2.46 bits per heavy atom. The molecule has 1 aliphatic rings. The second-order valence-corrected chi connectivity index (χ2v) is 2.93. The molecule has 0 radical (unpaired) electrons. The Balaban J connectivity index is 2.17. The van der Waals surface area contributed by atoms with Gasteiger partial charge in [0.05, 0.1) is 6.61 Å². The third kappa shape index (κ3) is 1.70. The van der Waals surface area contributed by atoms with Gasteiger partial charge in [-0.05, 0) is 12.1 Å². The maximum Gasteiger partial charge on any atom is 0.137 e. The summed E-state index contributed by atoms with van der Waals surface area (Å²) >= 11 is 0. The molecule has 1 atom stereocenters. The van der Waals surface area contributed by atoms with Crippen LogP contribution >= 0.6 is 0 Å². The van der Waals surface area contributed by atoms with Gasteiger partial charge >= 0.3 is 0 Å². The van der Waals surface area contributed by atoms with Crippen LogP contribution in [0.25, 0.3) is 0 Å². The van der Waals surface area contributed by atoms with E-state index in [-0.39, 0.29) is 0 Å². The average molecular weight is 177 g/mol. The van der Waals surface area contributed by atoms with Crippen LogP contribution in [0.5, 0.6) is 0 Å². The number of rotatable bonds is 2. The lowest BCUT2D eigenvalue weighted by Crippen LogP contribution is -2.02. The van der Waals surface area contributed by atoms with E-state index in [4.69, 9.17) is 4.74 Å². The summed E-state index contributed by atoms with van der Waals surface area (Å²) in [6.07, 6.45) is 5.47. The second-order valence-electron chi connectivity index (χ2n) is 2.93. The molecule has 3 heteroatoms. The fourth-order valence-electron chi connectivity index (χ4n) is 1.33. The summed E-state index contributed by atoms with van der Waals surface area (Å²) in [7, 11) is 0. The molecule has 68 valence electrons. The minimum absolute atomic E-state index is 0.646. The molecule has 0 aromatic carbocycles. The standard InChI is InChI=1S/C10H11NO2/c12-10(9-4-2-6-13-9)8-3-1-5-11-7-8/h1,3-5,7,10,12H,2,6H2. The molecule has 2 rings (SSSR count). The van der Waals surface area contributed by atoms with E-state index >= 15 is 0 Å². The molecule has 1 aliphatic heterocycles. The second kappa shape index (κ2) is 3.58. The molecular formula is C10H11NO2. The molecule has 2 heterocycles. The van der Waals surface area contributed by atoms with E-state index in [0.717, 1.165) is 12.0 Å². The number of aliphatic hydroxyl groups is 1. The predicted molar refractivity (Wildman–Crippen MR) is 47.8 cm³/mol. The fraction of sp³-hybridized carbons (Fsp3) is 0.300. The van der Waals surface area contributed by atoms with E-state index < -0.39 is 6.10 Å². The maximum absolute atomic E-state index is 9.79. The van der Waals surface area contributed by atoms with Gasteiger partial charge < -0.3 is 9.84 Å². The normalized spacial score (nSPS) is 17.8. The Labute approximate surface area is 76.7 Å². The Hall–Kier alpha value is -1.35. The molecule has 3 nitrogen and oxygen atoms in total. The van der Waals surface area contributed by atoms with E-state index in [9.17, 15) is 5.11 Å². The molecule has 0 saturated heterocycles. The number of nitrogens with zero attached hydrogens (tertiary/aromatic N) is 1. The van der Waals surface area contributed by atoms with E-state index in [1.807, 2.05) is 12.1 Å². The Morgan fingerprint density at radius 1 is 1.54 bits per heavy atom. The summed E-state index contributed by atoms with van der Waals surface area (Å²) in [5, 5.41) is 9.79. The lowest BCUT2D eigenvalue weighted by molar-refractivity contribution is 0.118. The minimum atomic E-state index is -0.656. The lowest BCUT2D eigenvalue weighted by Gasteiger charge is -2.11. The molecule has 1 N–H and O–H groups in total. The van der Waals surface area contributed by atoms with Crippen molar-refractivity contribution in [2.45, 2.75) is 12.5 Å². The van der Waals surface area contributed by atoms with Crippen molar-refractivity contribution in [3.63, 3.8) is 0 Å². The lowest BCUT2D eigenvalue weighted by atomic mass is 10.1. The van der Waals surface area contributed by atoms with Crippen molar-refractivity contribution in [1.29, 1.82) is 0 Å². The predicted octanol–water partition coefficient (Wildman–Crippen LogP) is 1.42. The third-order valence-corrected chi connectivity index (χ3v) is 2.00. The first kappa shape index (κ1) is 8.26. The van der Waals surface area contributed by atoms with Gasteiger partial charge in [-0.1, -0.05) is 6.07 Å². The van der Waals surface area contributed by atoms with Gasteiger partial charge in [0.25, 0.3) is 0 Å². The van der Waals surface area contributed by atoms with E-state index in [1.165, 1.54) is 0 Å². The van der Waals surface area contributed by atoms with Crippen LogP contribution in [0.3, 0.4) is 0 Å². The smallest absolute Gasteiger partial charge is 0.137 e. The zero-order valence-corrected chi connectivity index (χ0v) is 7.18. The SMILES string of the molecule is OC(C1=CCCO1)c1cccnc1. The summed E-state index contributed by atoms with van der Waals surface area (Å²) in [4.78, 5) is 3.93. The molecule has 0 aliphatic carbocycles. The zero-order valence-electron chi connectivity index (χ0n) is 7.18. The molecule has 0 bridgehead atoms. The van der Waals surface area contributed by atoms with E-state index in [1.54, 1.807) is 18.5 Å². The molecule has 0 fully saturated rings. The molecular weight excluding hydrogens is 166 g/mol. The first-order chi connectivity index (χ1) is 6.38. The van der Waals surface area contributed by atoms with Gasteiger partial charge in [0, 0.05) is 24.4 Å². The van der Waals surface area contributed by atoms with Gasteiger partial charge in [0.15, 0.2) is 0 Å².